The fourth-order valence-corrected chi connectivity index (χ4v) is 3.22. The van der Waals surface area contributed by atoms with Crippen LogP contribution in [0.3, 0.4) is 0 Å². The van der Waals surface area contributed by atoms with Gasteiger partial charge in [0.25, 0.3) is 0 Å². The molecule has 0 aliphatic heterocycles. The molecule has 0 fully saturated rings. The summed E-state index contributed by atoms with van der Waals surface area (Å²) in [7, 11) is 0. The summed E-state index contributed by atoms with van der Waals surface area (Å²) < 4.78 is 80.6. The summed E-state index contributed by atoms with van der Waals surface area (Å²) in [5, 5.41) is 7.27. The van der Waals surface area contributed by atoms with Gasteiger partial charge in [-0.05, 0) is 47.9 Å². The number of hydrogen-bond donors (Lipinski definition) is 1. The van der Waals surface area contributed by atoms with E-state index in [0.29, 0.717) is 30.9 Å². The Kier molecular flexibility index (Phi) is 5.49. The monoisotopic (exact) mass is 451 g/mol. The van der Waals surface area contributed by atoms with Gasteiger partial charge in [0.05, 0.1) is 17.3 Å². The molecule has 0 aliphatic carbocycles. The van der Waals surface area contributed by atoms with Crippen molar-refractivity contribution in [1.29, 1.82) is 0 Å². The van der Waals surface area contributed by atoms with Crippen molar-refractivity contribution in [2.45, 2.75) is 18.8 Å². The van der Waals surface area contributed by atoms with Crippen LogP contribution in [0.4, 0.5) is 32.2 Å². The first-order chi connectivity index (χ1) is 15.1. The third kappa shape index (κ3) is 4.51. The second-order valence-electron chi connectivity index (χ2n) is 6.96. The van der Waals surface area contributed by atoms with Gasteiger partial charge >= 0.3 is 12.4 Å². The molecule has 0 saturated carbocycles. The number of alkyl halides is 6. The van der Waals surface area contributed by atoms with E-state index < -0.39 is 23.5 Å². The number of anilines is 1. The molecule has 0 amide bonds. The lowest BCUT2D eigenvalue weighted by molar-refractivity contribution is -0.143. The van der Waals surface area contributed by atoms with Gasteiger partial charge in [-0.1, -0.05) is 6.07 Å². The molecule has 1 aromatic carbocycles. The molecule has 5 nitrogen and oxygen atoms in total. The molecule has 1 N–H and O–H groups in total. The Hall–Kier alpha value is -3.63. The molecule has 166 valence electrons. The largest absolute Gasteiger partial charge is 0.416 e. The van der Waals surface area contributed by atoms with Crippen molar-refractivity contribution in [3.63, 3.8) is 0 Å². The minimum absolute atomic E-state index is 0.0532. The van der Waals surface area contributed by atoms with Crippen molar-refractivity contribution in [1.82, 2.24) is 19.6 Å². The van der Waals surface area contributed by atoms with Crippen LogP contribution in [0.1, 0.15) is 16.7 Å². The predicted molar refractivity (Wildman–Crippen MR) is 105 cm³/mol. The topological polar surface area (TPSA) is 55.1 Å². The highest BCUT2D eigenvalue weighted by Gasteiger charge is 2.37. The molecule has 0 spiro atoms. The second kappa shape index (κ2) is 8.13. The number of rotatable bonds is 5. The average molecular weight is 451 g/mol. The number of nitrogens with zero attached hydrogens (tertiary/aromatic N) is 4. The van der Waals surface area contributed by atoms with Gasteiger partial charge in [0.1, 0.15) is 5.82 Å². The molecule has 11 heteroatoms. The van der Waals surface area contributed by atoms with Crippen LogP contribution in [0.25, 0.3) is 16.8 Å². The summed E-state index contributed by atoms with van der Waals surface area (Å²) in [6.07, 6.45) is -3.24. The van der Waals surface area contributed by atoms with Crippen molar-refractivity contribution < 1.29 is 26.3 Å². The standard InChI is InChI=1S/C21H15F6N5/c22-20(23,24)15-8-14(9-16(10-15)21(25,26)27)17-12-31-32-18(4-7-30-19(17)32)29-6-3-13-2-1-5-28-11-13/h1-2,4-5,7-12,29H,3,6H2. The predicted octanol–water partition coefficient (Wildman–Crippen LogP) is 5.48. The van der Waals surface area contributed by atoms with Gasteiger partial charge in [-0.3, -0.25) is 4.98 Å². The Morgan fingerprint density at radius 1 is 0.875 bits per heavy atom. The zero-order chi connectivity index (χ0) is 22.9. The molecule has 3 heterocycles. The van der Waals surface area contributed by atoms with Gasteiger partial charge in [-0.2, -0.15) is 36.0 Å². The number of aromatic nitrogens is 4. The lowest BCUT2D eigenvalue weighted by atomic mass is 10.0. The quantitative estimate of drug-likeness (QED) is 0.408. The summed E-state index contributed by atoms with van der Waals surface area (Å²) in [4.78, 5) is 8.15. The highest BCUT2D eigenvalue weighted by molar-refractivity contribution is 5.79. The van der Waals surface area contributed by atoms with Crippen LogP contribution in [0, 0.1) is 0 Å². The molecular formula is C21H15F6N5. The Balaban J connectivity index is 1.69. The molecule has 0 atom stereocenters. The first kappa shape index (κ1) is 21.6. The van der Waals surface area contributed by atoms with E-state index in [2.05, 4.69) is 20.4 Å². The van der Waals surface area contributed by atoms with E-state index in [9.17, 15) is 26.3 Å². The molecule has 4 rings (SSSR count). The fourth-order valence-electron chi connectivity index (χ4n) is 3.22. The van der Waals surface area contributed by atoms with Crippen LogP contribution in [0.5, 0.6) is 0 Å². The van der Waals surface area contributed by atoms with E-state index >= 15 is 0 Å². The third-order valence-corrected chi connectivity index (χ3v) is 4.74. The van der Waals surface area contributed by atoms with E-state index in [0.717, 1.165) is 5.56 Å². The molecule has 0 saturated heterocycles. The molecule has 0 unspecified atom stereocenters. The minimum atomic E-state index is -4.94. The highest BCUT2D eigenvalue weighted by Crippen LogP contribution is 2.39. The van der Waals surface area contributed by atoms with Gasteiger partial charge < -0.3 is 5.32 Å². The smallest absolute Gasteiger partial charge is 0.370 e. The molecule has 0 bridgehead atoms. The Bertz CT molecular complexity index is 1200. The van der Waals surface area contributed by atoms with E-state index in [1.54, 1.807) is 18.5 Å². The third-order valence-electron chi connectivity index (χ3n) is 4.74. The molecule has 32 heavy (non-hydrogen) atoms. The van der Waals surface area contributed by atoms with Crippen LogP contribution < -0.4 is 5.32 Å². The molecule has 4 aromatic rings. The van der Waals surface area contributed by atoms with Gasteiger partial charge in [-0.25, -0.2) is 4.98 Å². The maximum atomic E-state index is 13.2. The van der Waals surface area contributed by atoms with Crippen molar-refractivity contribution in [3.05, 3.63) is 77.9 Å². The summed E-state index contributed by atoms with van der Waals surface area (Å²) >= 11 is 0. The lowest BCUT2D eigenvalue weighted by Crippen LogP contribution is -2.11. The maximum Gasteiger partial charge on any atom is 0.416 e. The van der Waals surface area contributed by atoms with E-state index in [-0.39, 0.29) is 22.8 Å². The van der Waals surface area contributed by atoms with E-state index in [1.807, 2.05) is 12.1 Å². The first-order valence-corrected chi connectivity index (χ1v) is 9.38. The number of benzene rings is 1. The normalized spacial score (nSPS) is 12.3. The number of fused-ring (bicyclic) bond motifs is 1. The average Bonchev–Trinajstić information content (AvgIpc) is 3.18. The van der Waals surface area contributed by atoms with Gasteiger partial charge in [0.15, 0.2) is 5.65 Å². The van der Waals surface area contributed by atoms with Crippen molar-refractivity contribution in [2.75, 3.05) is 11.9 Å². The highest BCUT2D eigenvalue weighted by atomic mass is 19.4. The summed E-state index contributed by atoms with van der Waals surface area (Å²) in [5.74, 6) is 0.494. The van der Waals surface area contributed by atoms with Crippen molar-refractivity contribution in [2.24, 2.45) is 0 Å². The SMILES string of the molecule is FC(F)(F)c1cc(-c2cnn3c(NCCc4cccnc4)ccnc23)cc(C(F)(F)F)c1. The number of halogens is 6. The van der Waals surface area contributed by atoms with Gasteiger partial charge in [0, 0.05) is 30.7 Å². The maximum absolute atomic E-state index is 13.2. The second-order valence-corrected chi connectivity index (χ2v) is 6.96. The fraction of sp³-hybridized carbons (Fsp3) is 0.190. The van der Waals surface area contributed by atoms with Crippen LogP contribution >= 0.6 is 0 Å². The van der Waals surface area contributed by atoms with E-state index in [1.165, 1.54) is 16.9 Å². The van der Waals surface area contributed by atoms with E-state index in [4.69, 9.17) is 0 Å². The Labute approximate surface area is 177 Å². The number of nitrogens with one attached hydrogen (secondary N) is 1. The van der Waals surface area contributed by atoms with Crippen LogP contribution in [-0.4, -0.2) is 26.1 Å². The van der Waals surface area contributed by atoms with Crippen LogP contribution in [-0.2, 0) is 18.8 Å². The van der Waals surface area contributed by atoms with Crippen molar-refractivity contribution in [3.8, 4) is 11.1 Å². The Morgan fingerprint density at radius 3 is 2.22 bits per heavy atom. The zero-order valence-corrected chi connectivity index (χ0v) is 16.2. The molecule has 0 aliphatic rings. The number of hydrogen-bond acceptors (Lipinski definition) is 4. The minimum Gasteiger partial charge on any atom is -0.370 e. The number of pyridine rings is 1. The summed E-state index contributed by atoms with van der Waals surface area (Å²) in [5.41, 5.74) is -1.89. The summed E-state index contributed by atoms with van der Waals surface area (Å²) in [6, 6.07) is 6.75. The lowest BCUT2D eigenvalue weighted by Gasteiger charge is -2.14. The Morgan fingerprint density at radius 2 is 1.59 bits per heavy atom. The van der Waals surface area contributed by atoms with Crippen molar-refractivity contribution >= 4 is 11.5 Å². The zero-order valence-electron chi connectivity index (χ0n) is 16.2. The molecule has 0 radical (unpaired) electrons. The van der Waals surface area contributed by atoms with Crippen LogP contribution in [0.15, 0.2) is 61.2 Å². The first-order valence-electron chi connectivity index (χ1n) is 9.38. The molecular weight excluding hydrogens is 436 g/mol. The summed E-state index contributed by atoms with van der Waals surface area (Å²) in [6.45, 7) is 0.502. The molecule has 3 aromatic heterocycles. The van der Waals surface area contributed by atoms with Crippen LogP contribution in [0.2, 0.25) is 0 Å². The van der Waals surface area contributed by atoms with Gasteiger partial charge in [-0.15, -0.1) is 0 Å². The van der Waals surface area contributed by atoms with Gasteiger partial charge in [0.2, 0.25) is 0 Å².